The second kappa shape index (κ2) is 5.44. The number of aryl methyl sites for hydroxylation is 2. The van der Waals surface area contributed by atoms with Gasteiger partial charge in [-0.25, -0.2) is 4.68 Å². The van der Waals surface area contributed by atoms with Gasteiger partial charge in [0.05, 0.1) is 18.4 Å². The van der Waals surface area contributed by atoms with Crippen LogP contribution in [-0.4, -0.2) is 16.9 Å². The molecule has 0 unspecified atom stereocenters. The SMILES string of the molecule is COc1c(CNc2ccccc2Br)c(C)nn1C. The van der Waals surface area contributed by atoms with Crippen molar-refractivity contribution in [3.63, 3.8) is 0 Å². The van der Waals surface area contributed by atoms with Gasteiger partial charge in [-0.2, -0.15) is 5.10 Å². The number of rotatable bonds is 4. The van der Waals surface area contributed by atoms with Crippen molar-refractivity contribution in [1.82, 2.24) is 9.78 Å². The summed E-state index contributed by atoms with van der Waals surface area (Å²) in [5.41, 5.74) is 3.12. The molecule has 1 aromatic heterocycles. The van der Waals surface area contributed by atoms with Crippen LogP contribution in [-0.2, 0) is 13.6 Å². The quantitative estimate of drug-likeness (QED) is 0.943. The van der Waals surface area contributed by atoms with Crippen molar-refractivity contribution in [2.45, 2.75) is 13.5 Å². The third-order valence-corrected chi connectivity index (χ3v) is 3.50. The van der Waals surface area contributed by atoms with Crippen LogP contribution in [0.25, 0.3) is 0 Å². The van der Waals surface area contributed by atoms with E-state index < -0.39 is 0 Å². The zero-order valence-corrected chi connectivity index (χ0v) is 12.3. The maximum absolute atomic E-state index is 5.36. The smallest absolute Gasteiger partial charge is 0.216 e. The molecule has 0 saturated heterocycles. The van der Waals surface area contributed by atoms with Crippen molar-refractivity contribution in [3.05, 3.63) is 40.0 Å². The van der Waals surface area contributed by atoms with Crippen LogP contribution in [0.4, 0.5) is 5.69 Å². The lowest BCUT2D eigenvalue weighted by molar-refractivity contribution is 0.370. The number of aromatic nitrogens is 2. The number of para-hydroxylation sites is 1. The lowest BCUT2D eigenvalue weighted by Gasteiger charge is -2.09. The Balaban J connectivity index is 2.18. The topological polar surface area (TPSA) is 39.1 Å². The van der Waals surface area contributed by atoms with Gasteiger partial charge in [-0.15, -0.1) is 0 Å². The van der Waals surface area contributed by atoms with Gasteiger partial charge < -0.3 is 10.1 Å². The van der Waals surface area contributed by atoms with Crippen molar-refractivity contribution in [2.24, 2.45) is 7.05 Å². The Morgan fingerprint density at radius 1 is 1.39 bits per heavy atom. The van der Waals surface area contributed by atoms with Crippen LogP contribution in [0.15, 0.2) is 28.7 Å². The van der Waals surface area contributed by atoms with Crippen molar-refractivity contribution < 1.29 is 4.74 Å². The lowest BCUT2D eigenvalue weighted by Crippen LogP contribution is -2.03. The van der Waals surface area contributed by atoms with Crippen molar-refractivity contribution in [3.8, 4) is 5.88 Å². The van der Waals surface area contributed by atoms with Crippen LogP contribution < -0.4 is 10.1 Å². The Bertz CT molecular complexity index is 551. The molecule has 18 heavy (non-hydrogen) atoms. The minimum absolute atomic E-state index is 0.686. The van der Waals surface area contributed by atoms with E-state index in [1.807, 2.05) is 38.2 Å². The van der Waals surface area contributed by atoms with E-state index in [4.69, 9.17) is 4.74 Å². The standard InChI is InChI=1S/C13H16BrN3O/c1-9-10(13(18-3)17(2)16-9)8-15-12-7-5-4-6-11(12)14/h4-7,15H,8H2,1-3H3. The molecule has 0 aliphatic carbocycles. The summed E-state index contributed by atoms with van der Waals surface area (Å²) in [6, 6.07) is 8.03. The normalized spacial score (nSPS) is 10.4. The fraction of sp³-hybridized carbons (Fsp3) is 0.308. The predicted molar refractivity (Wildman–Crippen MR) is 76.0 cm³/mol. The van der Waals surface area contributed by atoms with Gasteiger partial charge in [0.25, 0.3) is 0 Å². The van der Waals surface area contributed by atoms with Crippen LogP contribution in [0.2, 0.25) is 0 Å². The molecule has 0 bridgehead atoms. The molecular weight excluding hydrogens is 294 g/mol. The highest BCUT2D eigenvalue weighted by Gasteiger charge is 2.13. The molecule has 0 amide bonds. The van der Waals surface area contributed by atoms with E-state index in [0.29, 0.717) is 6.54 Å². The number of nitrogens with one attached hydrogen (secondary N) is 1. The average molecular weight is 310 g/mol. The fourth-order valence-corrected chi connectivity index (χ4v) is 2.35. The second-order valence-electron chi connectivity index (χ2n) is 4.03. The third kappa shape index (κ3) is 2.51. The number of halogens is 1. The molecule has 0 saturated carbocycles. The Labute approximate surface area is 115 Å². The molecule has 0 spiro atoms. The number of anilines is 1. The highest BCUT2D eigenvalue weighted by atomic mass is 79.9. The highest BCUT2D eigenvalue weighted by molar-refractivity contribution is 9.10. The minimum atomic E-state index is 0.686. The van der Waals surface area contributed by atoms with Gasteiger partial charge in [-0.05, 0) is 35.0 Å². The summed E-state index contributed by atoms with van der Waals surface area (Å²) >= 11 is 3.51. The first kappa shape index (κ1) is 13.0. The highest BCUT2D eigenvalue weighted by Crippen LogP contribution is 2.25. The number of ether oxygens (including phenoxy) is 1. The first-order valence-electron chi connectivity index (χ1n) is 5.68. The van der Waals surface area contributed by atoms with Crippen LogP contribution >= 0.6 is 15.9 Å². The summed E-state index contributed by atoms with van der Waals surface area (Å²) in [6.45, 7) is 2.67. The number of hydrogen-bond donors (Lipinski definition) is 1. The predicted octanol–water partition coefficient (Wildman–Crippen LogP) is 3.11. The van der Waals surface area contributed by atoms with Crippen LogP contribution in [0.5, 0.6) is 5.88 Å². The van der Waals surface area contributed by atoms with Crippen LogP contribution in [0.1, 0.15) is 11.3 Å². The van der Waals surface area contributed by atoms with Gasteiger partial charge in [0.15, 0.2) is 0 Å². The molecule has 4 nitrogen and oxygen atoms in total. The Morgan fingerprint density at radius 3 is 2.78 bits per heavy atom. The van der Waals surface area contributed by atoms with Crippen LogP contribution in [0.3, 0.4) is 0 Å². The molecule has 0 radical (unpaired) electrons. The number of benzene rings is 1. The largest absolute Gasteiger partial charge is 0.481 e. The van der Waals surface area contributed by atoms with E-state index in [1.165, 1.54) is 0 Å². The van der Waals surface area contributed by atoms with Crippen LogP contribution in [0, 0.1) is 6.92 Å². The van der Waals surface area contributed by atoms with Crippen molar-refractivity contribution in [1.29, 1.82) is 0 Å². The van der Waals surface area contributed by atoms with Crippen molar-refractivity contribution >= 4 is 21.6 Å². The van der Waals surface area contributed by atoms with Crippen molar-refractivity contribution in [2.75, 3.05) is 12.4 Å². The van der Waals surface area contributed by atoms with E-state index in [-0.39, 0.29) is 0 Å². The zero-order valence-electron chi connectivity index (χ0n) is 10.7. The monoisotopic (exact) mass is 309 g/mol. The van der Waals surface area contributed by atoms with Gasteiger partial charge in [0.2, 0.25) is 5.88 Å². The molecule has 0 atom stereocenters. The van der Waals surface area contributed by atoms with E-state index in [2.05, 4.69) is 26.3 Å². The second-order valence-corrected chi connectivity index (χ2v) is 4.88. The molecule has 0 aliphatic heterocycles. The molecule has 1 aromatic carbocycles. The summed E-state index contributed by atoms with van der Waals surface area (Å²) in [7, 11) is 3.55. The summed E-state index contributed by atoms with van der Waals surface area (Å²) in [5.74, 6) is 0.798. The minimum Gasteiger partial charge on any atom is -0.481 e. The summed E-state index contributed by atoms with van der Waals surface area (Å²) in [6.07, 6.45) is 0. The third-order valence-electron chi connectivity index (χ3n) is 2.81. The molecule has 1 heterocycles. The van der Waals surface area contributed by atoms with E-state index >= 15 is 0 Å². The van der Waals surface area contributed by atoms with Gasteiger partial charge in [0, 0.05) is 23.8 Å². The Morgan fingerprint density at radius 2 is 2.11 bits per heavy atom. The Kier molecular flexibility index (Phi) is 3.91. The Hall–Kier alpha value is -1.49. The lowest BCUT2D eigenvalue weighted by atomic mass is 10.2. The molecule has 5 heteroatoms. The van der Waals surface area contributed by atoms with Gasteiger partial charge in [-0.3, -0.25) is 0 Å². The summed E-state index contributed by atoms with van der Waals surface area (Å²) in [5, 5.41) is 7.73. The zero-order chi connectivity index (χ0) is 13.1. The van der Waals surface area contributed by atoms with Gasteiger partial charge in [0.1, 0.15) is 0 Å². The molecule has 0 aliphatic rings. The molecule has 2 rings (SSSR count). The fourth-order valence-electron chi connectivity index (χ4n) is 1.93. The van der Waals surface area contributed by atoms with E-state index in [0.717, 1.165) is 27.3 Å². The maximum Gasteiger partial charge on any atom is 0.216 e. The summed E-state index contributed by atoms with van der Waals surface area (Å²) in [4.78, 5) is 0. The first-order chi connectivity index (χ1) is 8.63. The maximum atomic E-state index is 5.36. The van der Waals surface area contributed by atoms with Gasteiger partial charge >= 0.3 is 0 Å². The van der Waals surface area contributed by atoms with E-state index in [9.17, 15) is 0 Å². The van der Waals surface area contributed by atoms with Gasteiger partial charge in [-0.1, -0.05) is 12.1 Å². The number of methoxy groups -OCH3 is 1. The van der Waals surface area contributed by atoms with E-state index in [1.54, 1.807) is 11.8 Å². The molecule has 96 valence electrons. The summed E-state index contributed by atoms with van der Waals surface area (Å²) < 4.78 is 8.17. The molecular formula is C13H16BrN3O. The average Bonchev–Trinajstić information content (AvgIpc) is 2.62. The molecule has 0 fully saturated rings. The first-order valence-corrected chi connectivity index (χ1v) is 6.47. The number of hydrogen-bond acceptors (Lipinski definition) is 3. The molecule has 1 N–H and O–H groups in total. The molecule has 2 aromatic rings. The number of nitrogens with zero attached hydrogens (tertiary/aromatic N) is 2.